The number of hydrogen-bond donors (Lipinski definition) is 1. The molecule has 2 aromatic rings. The molecule has 1 aromatic heterocycles. The molecule has 98 valence electrons. The van der Waals surface area contributed by atoms with Crippen LogP contribution >= 0.6 is 11.3 Å². The maximum atomic E-state index is 10.3. The molecule has 1 N–H and O–H groups in total. The zero-order valence-electron chi connectivity index (χ0n) is 10.9. The molecule has 0 aliphatic heterocycles. The van der Waals surface area contributed by atoms with Crippen molar-refractivity contribution in [2.75, 3.05) is 7.11 Å². The highest BCUT2D eigenvalue weighted by Crippen LogP contribution is 2.27. The number of hydrogen-bond acceptors (Lipinski definition) is 3. The maximum Gasteiger partial charge on any atom is 0.0842 e. The number of benzene rings is 1. The summed E-state index contributed by atoms with van der Waals surface area (Å²) in [5.74, 6) is 0. The van der Waals surface area contributed by atoms with Gasteiger partial charge in [0, 0.05) is 18.2 Å². The number of aliphatic hydroxyl groups is 1. The summed E-state index contributed by atoms with van der Waals surface area (Å²) in [5, 5.41) is 13.7. The molecule has 0 aliphatic rings. The molecule has 1 heterocycles. The van der Waals surface area contributed by atoms with E-state index in [1.807, 2.05) is 12.1 Å². The number of fused-ring (bicyclic) bond motifs is 1. The lowest BCUT2D eigenvalue weighted by molar-refractivity contribution is -0.0157. The second-order valence-electron chi connectivity index (χ2n) is 4.59. The molecule has 0 bridgehead atoms. The highest BCUT2D eigenvalue weighted by atomic mass is 32.1. The average molecular weight is 264 g/mol. The zero-order chi connectivity index (χ0) is 13.0. The van der Waals surface area contributed by atoms with Gasteiger partial charge in [0.2, 0.25) is 0 Å². The molecule has 3 heteroatoms. The number of rotatable bonds is 6. The van der Waals surface area contributed by atoms with E-state index in [1.54, 1.807) is 18.4 Å². The molecule has 0 amide bonds. The number of ether oxygens (including phenoxy) is 1. The van der Waals surface area contributed by atoms with E-state index in [0.717, 1.165) is 12.8 Å². The van der Waals surface area contributed by atoms with Gasteiger partial charge in [0.05, 0.1) is 12.2 Å². The lowest BCUT2D eigenvalue weighted by atomic mass is 10.0. The Bertz CT molecular complexity index is 492. The Morgan fingerprint density at radius 2 is 2.11 bits per heavy atom. The fourth-order valence-electron chi connectivity index (χ4n) is 2.30. The molecular weight excluding hydrogens is 244 g/mol. The standard InChI is InChI=1S/C15H20O2S/c1-3-6-14(17-2)13(16)9-11-10-18-15-8-5-4-7-12(11)15/h4-5,7-8,10,13-14,16H,3,6,9H2,1-2H3. The second-order valence-corrected chi connectivity index (χ2v) is 5.50. The molecule has 1 aromatic carbocycles. The van der Waals surface area contributed by atoms with E-state index in [0.29, 0.717) is 6.42 Å². The molecule has 0 saturated heterocycles. The van der Waals surface area contributed by atoms with Crippen molar-refractivity contribution in [2.45, 2.75) is 38.4 Å². The Morgan fingerprint density at radius 3 is 2.83 bits per heavy atom. The molecule has 2 atom stereocenters. The van der Waals surface area contributed by atoms with Gasteiger partial charge in [-0.15, -0.1) is 11.3 Å². The van der Waals surface area contributed by atoms with Crippen molar-refractivity contribution in [1.82, 2.24) is 0 Å². The Kier molecular flexibility index (Phi) is 4.75. The van der Waals surface area contributed by atoms with Crippen molar-refractivity contribution in [3.63, 3.8) is 0 Å². The van der Waals surface area contributed by atoms with Gasteiger partial charge in [0.25, 0.3) is 0 Å². The van der Waals surface area contributed by atoms with E-state index in [1.165, 1.54) is 15.6 Å². The Morgan fingerprint density at radius 1 is 1.33 bits per heavy atom. The minimum Gasteiger partial charge on any atom is -0.390 e. The molecule has 2 rings (SSSR count). The molecular formula is C15H20O2S. The van der Waals surface area contributed by atoms with Gasteiger partial charge in [-0.05, 0) is 28.8 Å². The van der Waals surface area contributed by atoms with Gasteiger partial charge >= 0.3 is 0 Å². The van der Waals surface area contributed by atoms with E-state index in [4.69, 9.17) is 4.74 Å². The van der Waals surface area contributed by atoms with Crippen LogP contribution in [0.1, 0.15) is 25.3 Å². The smallest absolute Gasteiger partial charge is 0.0842 e. The summed E-state index contributed by atoms with van der Waals surface area (Å²) >= 11 is 1.74. The predicted octanol–water partition coefficient (Wildman–Crippen LogP) is 3.62. The lowest BCUT2D eigenvalue weighted by Crippen LogP contribution is -2.29. The SMILES string of the molecule is CCCC(OC)C(O)Cc1csc2ccccc12. The fourth-order valence-corrected chi connectivity index (χ4v) is 3.28. The minimum atomic E-state index is -0.423. The minimum absolute atomic E-state index is 0.0614. The summed E-state index contributed by atoms with van der Waals surface area (Å²) < 4.78 is 6.65. The largest absolute Gasteiger partial charge is 0.390 e. The highest BCUT2D eigenvalue weighted by Gasteiger charge is 2.19. The van der Waals surface area contributed by atoms with Crippen LogP contribution in [0.5, 0.6) is 0 Å². The number of thiophene rings is 1. The fraction of sp³-hybridized carbons (Fsp3) is 0.467. The molecule has 0 spiro atoms. The predicted molar refractivity (Wildman–Crippen MR) is 77.2 cm³/mol. The Hall–Kier alpha value is -0.900. The highest BCUT2D eigenvalue weighted by molar-refractivity contribution is 7.17. The van der Waals surface area contributed by atoms with Gasteiger partial charge in [-0.2, -0.15) is 0 Å². The average Bonchev–Trinajstić information content (AvgIpc) is 2.79. The summed E-state index contributed by atoms with van der Waals surface area (Å²) in [6.45, 7) is 2.11. The molecule has 0 aliphatic carbocycles. The van der Waals surface area contributed by atoms with Gasteiger partial charge < -0.3 is 9.84 Å². The van der Waals surface area contributed by atoms with Gasteiger partial charge in [-0.1, -0.05) is 31.5 Å². The molecule has 2 unspecified atom stereocenters. The summed E-state index contributed by atoms with van der Waals surface area (Å²) in [4.78, 5) is 0. The topological polar surface area (TPSA) is 29.5 Å². The first-order valence-corrected chi connectivity index (χ1v) is 7.30. The van der Waals surface area contributed by atoms with Crippen LogP contribution in [0, 0.1) is 0 Å². The first-order chi connectivity index (χ1) is 8.76. The van der Waals surface area contributed by atoms with E-state index in [9.17, 15) is 5.11 Å². The van der Waals surface area contributed by atoms with Gasteiger partial charge in [0.15, 0.2) is 0 Å². The lowest BCUT2D eigenvalue weighted by Gasteiger charge is -2.20. The van der Waals surface area contributed by atoms with Gasteiger partial charge in [-0.3, -0.25) is 0 Å². The molecule has 0 saturated carbocycles. The van der Waals surface area contributed by atoms with Crippen LogP contribution in [0.25, 0.3) is 10.1 Å². The van der Waals surface area contributed by atoms with Gasteiger partial charge in [-0.25, -0.2) is 0 Å². The first-order valence-electron chi connectivity index (χ1n) is 6.42. The number of aliphatic hydroxyl groups excluding tert-OH is 1. The molecule has 2 nitrogen and oxygen atoms in total. The Balaban J connectivity index is 2.13. The van der Waals surface area contributed by atoms with Crippen molar-refractivity contribution in [1.29, 1.82) is 0 Å². The molecule has 0 fully saturated rings. The third-order valence-electron chi connectivity index (χ3n) is 3.30. The van der Waals surface area contributed by atoms with Crippen LogP contribution in [0.2, 0.25) is 0 Å². The number of methoxy groups -OCH3 is 1. The molecule has 18 heavy (non-hydrogen) atoms. The van der Waals surface area contributed by atoms with Crippen LogP contribution < -0.4 is 0 Å². The normalized spacial score (nSPS) is 14.8. The zero-order valence-corrected chi connectivity index (χ0v) is 11.7. The monoisotopic (exact) mass is 264 g/mol. The third kappa shape index (κ3) is 2.91. The second kappa shape index (κ2) is 6.32. The first kappa shape index (κ1) is 13.5. The summed E-state index contributed by atoms with van der Waals surface area (Å²) in [6.07, 6.45) is 2.11. The summed E-state index contributed by atoms with van der Waals surface area (Å²) in [5.41, 5.74) is 1.22. The van der Waals surface area contributed by atoms with E-state index in [2.05, 4.69) is 24.4 Å². The van der Waals surface area contributed by atoms with Crippen molar-refractivity contribution in [3.8, 4) is 0 Å². The van der Waals surface area contributed by atoms with E-state index >= 15 is 0 Å². The van der Waals surface area contributed by atoms with Crippen molar-refractivity contribution < 1.29 is 9.84 Å². The van der Waals surface area contributed by atoms with E-state index in [-0.39, 0.29) is 6.10 Å². The van der Waals surface area contributed by atoms with Crippen molar-refractivity contribution >= 4 is 21.4 Å². The summed E-state index contributed by atoms with van der Waals surface area (Å²) in [7, 11) is 1.68. The maximum absolute atomic E-state index is 10.3. The van der Waals surface area contributed by atoms with Crippen molar-refractivity contribution in [2.24, 2.45) is 0 Å². The quantitative estimate of drug-likeness (QED) is 0.863. The van der Waals surface area contributed by atoms with Crippen molar-refractivity contribution in [3.05, 3.63) is 35.2 Å². The van der Waals surface area contributed by atoms with Crippen LogP contribution in [0.3, 0.4) is 0 Å². The summed E-state index contributed by atoms with van der Waals surface area (Å²) in [6, 6.07) is 8.34. The molecule has 0 radical (unpaired) electrons. The van der Waals surface area contributed by atoms with Crippen LogP contribution in [-0.2, 0) is 11.2 Å². The van der Waals surface area contributed by atoms with Crippen LogP contribution in [0.15, 0.2) is 29.6 Å². The van der Waals surface area contributed by atoms with E-state index < -0.39 is 6.10 Å². The van der Waals surface area contributed by atoms with Crippen LogP contribution in [0.4, 0.5) is 0 Å². The van der Waals surface area contributed by atoms with Crippen LogP contribution in [-0.4, -0.2) is 24.4 Å². The third-order valence-corrected chi connectivity index (χ3v) is 4.31. The van der Waals surface area contributed by atoms with Gasteiger partial charge in [0.1, 0.15) is 0 Å². The Labute approximate surface area is 112 Å².